The van der Waals surface area contributed by atoms with Crippen LogP contribution in [-0.2, 0) is 10.0 Å². The number of hydrogen-bond acceptors (Lipinski definition) is 5. The van der Waals surface area contributed by atoms with Crippen molar-refractivity contribution in [1.29, 1.82) is 0 Å². The van der Waals surface area contributed by atoms with Crippen molar-refractivity contribution < 1.29 is 18.3 Å². The van der Waals surface area contributed by atoms with Gasteiger partial charge in [0.2, 0.25) is 10.0 Å². The van der Waals surface area contributed by atoms with Gasteiger partial charge in [0.05, 0.1) is 11.0 Å². The van der Waals surface area contributed by atoms with E-state index in [-0.39, 0.29) is 17.1 Å². The average Bonchev–Trinajstić information content (AvgIpc) is 2.62. The normalized spacial score (nSPS) is 18.7. The van der Waals surface area contributed by atoms with Crippen LogP contribution in [0.15, 0.2) is 53.6 Å². The molecule has 1 fully saturated rings. The lowest BCUT2D eigenvalue weighted by atomic mass is 10.1. The van der Waals surface area contributed by atoms with E-state index in [0.717, 1.165) is 0 Å². The lowest BCUT2D eigenvalue weighted by Gasteiger charge is -2.29. The molecule has 1 atom stereocenters. The Hall–Kier alpha value is -2.29. The van der Waals surface area contributed by atoms with E-state index in [1.807, 2.05) is 0 Å². The minimum absolute atomic E-state index is 0.0837. The number of hydrogen-bond donors (Lipinski definition) is 2. The van der Waals surface area contributed by atoms with Crippen molar-refractivity contribution >= 4 is 21.6 Å². The summed E-state index contributed by atoms with van der Waals surface area (Å²) < 4.78 is 26.7. The molecule has 1 aliphatic heterocycles. The van der Waals surface area contributed by atoms with Gasteiger partial charge in [0.15, 0.2) is 0 Å². The summed E-state index contributed by atoms with van der Waals surface area (Å²) in [5.41, 5.74) is 0.615. The maximum Gasteiger partial charge on any atom is 0.274 e. The standard InChI is InChI=1S/C17H19N3O4S/c21-14-6-4-10-20(12-14)25(23,24)15-7-3-5-13(11-15)19-17(22)16-8-1-2-9-18-16/h1-3,5,7-9,11,14,21H,4,6,10,12H2,(H,19,22). The van der Waals surface area contributed by atoms with Crippen molar-refractivity contribution in [2.45, 2.75) is 23.8 Å². The first kappa shape index (κ1) is 17.5. The minimum Gasteiger partial charge on any atom is -0.392 e. The van der Waals surface area contributed by atoms with Gasteiger partial charge in [0, 0.05) is 25.0 Å². The summed E-state index contributed by atoms with van der Waals surface area (Å²) in [6.07, 6.45) is 2.09. The Bertz CT molecular complexity index is 855. The van der Waals surface area contributed by atoms with Crippen molar-refractivity contribution in [3.8, 4) is 0 Å². The second-order valence-electron chi connectivity index (χ2n) is 5.86. The number of carbonyl (C=O) groups excluding carboxylic acids is 1. The summed E-state index contributed by atoms with van der Waals surface area (Å²) in [4.78, 5) is 16.2. The number of sulfonamides is 1. The fourth-order valence-electron chi connectivity index (χ4n) is 2.71. The van der Waals surface area contributed by atoms with Gasteiger partial charge < -0.3 is 10.4 Å². The Balaban J connectivity index is 1.80. The molecule has 0 bridgehead atoms. The van der Waals surface area contributed by atoms with Gasteiger partial charge in [0.25, 0.3) is 5.91 Å². The minimum atomic E-state index is -3.71. The van der Waals surface area contributed by atoms with Gasteiger partial charge in [0.1, 0.15) is 5.69 Å². The third-order valence-electron chi connectivity index (χ3n) is 3.99. The fourth-order valence-corrected chi connectivity index (χ4v) is 4.28. The maximum absolute atomic E-state index is 12.7. The number of amides is 1. The van der Waals surface area contributed by atoms with Crippen LogP contribution in [0.5, 0.6) is 0 Å². The Kier molecular flexibility index (Phi) is 5.12. The predicted molar refractivity (Wildman–Crippen MR) is 92.6 cm³/mol. The van der Waals surface area contributed by atoms with E-state index >= 15 is 0 Å². The highest BCUT2D eigenvalue weighted by Crippen LogP contribution is 2.23. The zero-order valence-electron chi connectivity index (χ0n) is 13.5. The number of aromatic nitrogens is 1. The number of anilines is 1. The summed E-state index contributed by atoms with van der Waals surface area (Å²) in [6, 6.07) is 11.1. The molecular weight excluding hydrogens is 342 g/mol. The zero-order valence-corrected chi connectivity index (χ0v) is 14.3. The van der Waals surface area contributed by atoms with E-state index in [4.69, 9.17) is 0 Å². The highest BCUT2D eigenvalue weighted by molar-refractivity contribution is 7.89. The van der Waals surface area contributed by atoms with Crippen LogP contribution in [0, 0.1) is 0 Å². The van der Waals surface area contributed by atoms with Crippen molar-refractivity contribution in [3.63, 3.8) is 0 Å². The summed E-state index contributed by atoms with van der Waals surface area (Å²) in [6.45, 7) is 0.469. The van der Waals surface area contributed by atoms with Crippen LogP contribution >= 0.6 is 0 Å². The number of nitrogens with zero attached hydrogens (tertiary/aromatic N) is 2. The Morgan fingerprint density at radius 3 is 2.80 bits per heavy atom. The van der Waals surface area contributed by atoms with Gasteiger partial charge in [-0.05, 0) is 43.2 Å². The number of rotatable bonds is 4. The molecule has 1 saturated heterocycles. The molecule has 0 saturated carbocycles. The number of piperidine rings is 1. The summed E-state index contributed by atoms with van der Waals surface area (Å²) in [7, 11) is -3.71. The van der Waals surface area contributed by atoms with E-state index in [2.05, 4.69) is 10.3 Å². The lowest BCUT2D eigenvalue weighted by molar-refractivity contribution is 0.102. The van der Waals surface area contributed by atoms with Crippen LogP contribution in [-0.4, -0.2) is 47.9 Å². The highest BCUT2D eigenvalue weighted by atomic mass is 32.2. The molecule has 7 nitrogen and oxygen atoms in total. The second-order valence-corrected chi connectivity index (χ2v) is 7.79. The Morgan fingerprint density at radius 2 is 2.08 bits per heavy atom. The van der Waals surface area contributed by atoms with E-state index in [0.29, 0.717) is 25.1 Å². The molecule has 25 heavy (non-hydrogen) atoms. The molecule has 2 N–H and O–H groups in total. The van der Waals surface area contributed by atoms with Gasteiger partial charge >= 0.3 is 0 Å². The summed E-state index contributed by atoms with van der Waals surface area (Å²) in [5, 5.41) is 12.4. The van der Waals surface area contributed by atoms with Crippen LogP contribution in [0.4, 0.5) is 5.69 Å². The molecule has 132 valence electrons. The molecule has 3 rings (SSSR count). The van der Waals surface area contributed by atoms with E-state index in [1.165, 1.54) is 22.6 Å². The van der Waals surface area contributed by atoms with E-state index in [1.54, 1.807) is 30.3 Å². The van der Waals surface area contributed by atoms with Crippen LogP contribution in [0.2, 0.25) is 0 Å². The monoisotopic (exact) mass is 361 g/mol. The first-order chi connectivity index (χ1) is 12.0. The van der Waals surface area contributed by atoms with Crippen molar-refractivity contribution in [1.82, 2.24) is 9.29 Å². The maximum atomic E-state index is 12.7. The first-order valence-electron chi connectivity index (χ1n) is 7.97. The second kappa shape index (κ2) is 7.30. The largest absolute Gasteiger partial charge is 0.392 e. The Labute approximate surface area is 146 Å². The van der Waals surface area contributed by atoms with Gasteiger partial charge in [-0.1, -0.05) is 12.1 Å². The molecule has 0 radical (unpaired) electrons. The topological polar surface area (TPSA) is 99.6 Å². The van der Waals surface area contributed by atoms with Crippen molar-refractivity contribution in [2.75, 3.05) is 18.4 Å². The number of pyridine rings is 1. The molecule has 0 spiro atoms. The number of aliphatic hydroxyl groups is 1. The summed E-state index contributed by atoms with van der Waals surface area (Å²) >= 11 is 0. The van der Waals surface area contributed by atoms with Crippen LogP contribution < -0.4 is 5.32 Å². The third-order valence-corrected chi connectivity index (χ3v) is 5.85. The molecule has 0 aliphatic carbocycles. The summed E-state index contributed by atoms with van der Waals surface area (Å²) in [5.74, 6) is -0.413. The molecular formula is C17H19N3O4S. The van der Waals surface area contributed by atoms with E-state index in [9.17, 15) is 18.3 Å². The van der Waals surface area contributed by atoms with Gasteiger partial charge in [-0.15, -0.1) is 0 Å². The van der Waals surface area contributed by atoms with Crippen molar-refractivity contribution in [2.24, 2.45) is 0 Å². The molecule has 1 aromatic heterocycles. The quantitative estimate of drug-likeness (QED) is 0.859. The molecule has 2 aromatic rings. The number of β-amino-alcohol motifs (C(OH)–C–C–N with tert-alkyl or cyclic N) is 1. The van der Waals surface area contributed by atoms with Crippen LogP contribution in [0.3, 0.4) is 0 Å². The first-order valence-corrected chi connectivity index (χ1v) is 9.41. The fraction of sp³-hybridized carbons (Fsp3) is 0.294. The number of aliphatic hydroxyl groups excluding tert-OH is 1. The molecule has 8 heteroatoms. The lowest BCUT2D eigenvalue weighted by Crippen LogP contribution is -2.42. The van der Waals surface area contributed by atoms with Crippen LogP contribution in [0.1, 0.15) is 23.3 Å². The van der Waals surface area contributed by atoms with Crippen molar-refractivity contribution in [3.05, 3.63) is 54.4 Å². The molecule has 1 aromatic carbocycles. The van der Waals surface area contributed by atoms with Crippen LogP contribution in [0.25, 0.3) is 0 Å². The smallest absolute Gasteiger partial charge is 0.274 e. The highest BCUT2D eigenvalue weighted by Gasteiger charge is 2.29. The van der Waals surface area contributed by atoms with Gasteiger partial charge in [-0.2, -0.15) is 4.31 Å². The van der Waals surface area contributed by atoms with Gasteiger partial charge in [-0.3, -0.25) is 9.78 Å². The molecule has 1 unspecified atom stereocenters. The third kappa shape index (κ3) is 4.04. The molecule has 1 amide bonds. The SMILES string of the molecule is O=C(Nc1cccc(S(=O)(=O)N2CCCC(O)C2)c1)c1ccccn1. The molecule has 1 aliphatic rings. The van der Waals surface area contributed by atoms with Gasteiger partial charge in [-0.25, -0.2) is 8.42 Å². The zero-order chi connectivity index (χ0) is 17.9. The number of carbonyl (C=O) groups is 1. The number of nitrogens with one attached hydrogen (secondary N) is 1. The molecule has 2 heterocycles. The number of benzene rings is 1. The average molecular weight is 361 g/mol. The van der Waals surface area contributed by atoms with E-state index < -0.39 is 22.0 Å². The Morgan fingerprint density at radius 1 is 1.24 bits per heavy atom. The predicted octanol–water partition coefficient (Wildman–Crippen LogP) is 1.48.